The zero-order valence-corrected chi connectivity index (χ0v) is 15.5. The number of rotatable bonds is 6. The highest BCUT2D eigenvalue weighted by atomic mass is 16.5. The van der Waals surface area contributed by atoms with Crippen molar-refractivity contribution in [2.45, 2.75) is 38.8 Å². The molecular formula is C21H26N2O3. The van der Waals surface area contributed by atoms with Crippen molar-refractivity contribution in [1.82, 2.24) is 0 Å². The molecule has 0 aliphatic heterocycles. The molecule has 0 heterocycles. The Labute approximate surface area is 154 Å². The Morgan fingerprint density at radius 2 is 1.73 bits per heavy atom. The molecule has 2 atom stereocenters. The van der Waals surface area contributed by atoms with Crippen LogP contribution in [0.4, 0.5) is 5.69 Å². The zero-order chi connectivity index (χ0) is 18.8. The third-order valence-electron chi connectivity index (χ3n) is 5.33. The van der Waals surface area contributed by atoms with E-state index >= 15 is 0 Å². The molecule has 1 aliphatic rings. The molecule has 2 unspecified atom stereocenters. The molecule has 2 aromatic rings. The van der Waals surface area contributed by atoms with Crippen LogP contribution in [0.5, 0.6) is 11.5 Å². The number of carbonyl (C=O) groups excluding carboxylic acids is 1. The molecule has 138 valence electrons. The lowest BCUT2D eigenvalue weighted by molar-refractivity contribution is -0.166. The van der Waals surface area contributed by atoms with Crippen LogP contribution < -0.4 is 15.8 Å². The van der Waals surface area contributed by atoms with Crippen LogP contribution in [0, 0.1) is 5.41 Å². The third kappa shape index (κ3) is 3.32. The standard InChI is InChI=1S/C21H26N2O3/c1-4-25-18-14-21(22,20(18,2)3)19(24)23-15-10-12-17(13-11-15)26-16-8-6-5-7-9-16/h5-13,18H,4,14,22H2,1-3H3,(H,23,24). The van der Waals surface area contributed by atoms with Gasteiger partial charge in [0.2, 0.25) is 5.91 Å². The van der Waals surface area contributed by atoms with Gasteiger partial charge in [-0.25, -0.2) is 0 Å². The van der Waals surface area contributed by atoms with Crippen LogP contribution in [-0.2, 0) is 9.53 Å². The molecule has 26 heavy (non-hydrogen) atoms. The molecule has 1 fully saturated rings. The van der Waals surface area contributed by atoms with Gasteiger partial charge in [0, 0.05) is 24.1 Å². The van der Waals surface area contributed by atoms with Crippen molar-refractivity contribution < 1.29 is 14.3 Å². The monoisotopic (exact) mass is 354 g/mol. The number of hydrogen-bond acceptors (Lipinski definition) is 4. The average molecular weight is 354 g/mol. The summed E-state index contributed by atoms with van der Waals surface area (Å²) < 4.78 is 11.4. The maximum Gasteiger partial charge on any atom is 0.245 e. The maximum absolute atomic E-state index is 12.7. The van der Waals surface area contributed by atoms with E-state index in [9.17, 15) is 4.79 Å². The summed E-state index contributed by atoms with van der Waals surface area (Å²) in [6.45, 7) is 6.53. The SMILES string of the molecule is CCOC1CC(N)(C(=O)Nc2ccc(Oc3ccccc3)cc2)C1(C)C. The number of benzene rings is 2. The maximum atomic E-state index is 12.7. The molecule has 2 aromatic carbocycles. The van der Waals surface area contributed by atoms with Crippen LogP contribution in [0.2, 0.25) is 0 Å². The summed E-state index contributed by atoms with van der Waals surface area (Å²) in [5.41, 5.74) is 5.75. The summed E-state index contributed by atoms with van der Waals surface area (Å²) in [6.07, 6.45) is 0.527. The average Bonchev–Trinajstić information content (AvgIpc) is 2.64. The van der Waals surface area contributed by atoms with Crippen molar-refractivity contribution >= 4 is 11.6 Å². The Hall–Kier alpha value is -2.37. The van der Waals surface area contributed by atoms with Crippen molar-refractivity contribution in [3.63, 3.8) is 0 Å². The lowest BCUT2D eigenvalue weighted by Gasteiger charge is -2.57. The van der Waals surface area contributed by atoms with Gasteiger partial charge < -0.3 is 20.5 Å². The number of nitrogens with one attached hydrogen (secondary N) is 1. The molecule has 1 aliphatic carbocycles. The quantitative estimate of drug-likeness (QED) is 0.824. The lowest BCUT2D eigenvalue weighted by atomic mass is 9.54. The molecule has 3 rings (SSSR count). The largest absolute Gasteiger partial charge is 0.457 e. The van der Waals surface area contributed by atoms with Crippen LogP contribution in [0.25, 0.3) is 0 Å². The van der Waals surface area contributed by atoms with Crippen LogP contribution in [0.15, 0.2) is 54.6 Å². The summed E-state index contributed by atoms with van der Waals surface area (Å²) in [7, 11) is 0. The van der Waals surface area contributed by atoms with E-state index in [-0.39, 0.29) is 12.0 Å². The van der Waals surface area contributed by atoms with Crippen molar-refractivity contribution in [3.8, 4) is 11.5 Å². The molecule has 5 nitrogen and oxygen atoms in total. The van der Waals surface area contributed by atoms with Crippen LogP contribution in [0.1, 0.15) is 27.2 Å². The van der Waals surface area contributed by atoms with Gasteiger partial charge in [-0.05, 0) is 43.3 Å². The Balaban J connectivity index is 1.63. The number of hydrogen-bond donors (Lipinski definition) is 2. The Bertz CT molecular complexity index is 759. The minimum atomic E-state index is -0.938. The number of nitrogens with two attached hydrogens (primary N) is 1. The summed E-state index contributed by atoms with van der Waals surface area (Å²) in [5, 5.41) is 2.92. The molecule has 1 saturated carbocycles. The van der Waals surface area contributed by atoms with Gasteiger partial charge in [-0.2, -0.15) is 0 Å². The Morgan fingerprint density at radius 1 is 1.12 bits per heavy atom. The molecule has 0 spiro atoms. The molecule has 0 saturated heterocycles. The van der Waals surface area contributed by atoms with Gasteiger partial charge in [0.15, 0.2) is 0 Å². The Morgan fingerprint density at radius 3 is 2.31 bits per heavy atom. The van der Waals surface area contributed by atoms with Gasteiger partial charge in [-0.1, -0.05) is 32.0 Å². The normalized spacial score (nSPS) is 23.8. The highest BCUT2D eigenvalue weighted by Gasteiger charge is 2.62. The van der Waals surface area contributed by atoms with Gasteiger partial charge >= 0.3 is 0 Å². The number of carbonyl (C=O) groups is 1. The molecular weight excluding hydrogens is 328 g/mol. The van der Waals surface area contributed by atoms with Gasteiger partial charge in [-0.3, -0.25) is 4.79 Å². The predicted octanol–water partition coefficient (Wildman–Crippen LogP) is 3.95. The van der Waals surface area contributed by atoms with Gasteiger partial charge in [0.05, 0.1) is 6.10 Å². The van der Waals surface area contributed by atoms with E-state index in [2.05, 4.69) is 5.32 Å². The van der Waals surface area contributed by atoms with Crippen molar-refractivity contribution in [1.29, 1.82) is 0 Å². The first-order valence-electron chi connectivity index (χ1n) is 8.92. The van der Waals surface area contributed by atoms with Gasteiger partial charge in [0.1, 0.15) is 17.0 Å². The lowest BCUT2D eigenvalue weighted by Crippen LogP contribution is -2.74. The first-order valence-corrected chi connectivity index (χ1v) is 8.92. The van der Waals surface area contributed by atoms with Crippen molar-refractivity contribution in [2.24, 2.45) is 11.1 Å². The summed E-state index contributed by atoms with van der Waals surface area (Å²) in [6, 6.07) is 16.8. The van der Waals surface area contributed by atoms with Gasteiger partial charge in [-0.15, -0.1) is 0 Å². The van der Waals surface area contributed by atoms with Crippen molar-refractivity contribution in [2.75, 3.05) is 11.9 Å². The van der Waals surface area contributed by atoms with E-state index in [4.69, 9.17) is 15.2 Å². The second kappa shape index (κ2) is 7.09. The smallest absolute Gasteiger partial charge is 0.245 e. The zero-order valence-electron chi connectivity index (χ0n) is 15.5. The van der Waals surface area contributed by atoms with E-state index in [1.165, 1.54) is 0 Å². The fourth-order valence-electron chi connectivity index (χ4n) is 3.29. The fraction of sp³-hybridized carbons (Fsp3) is 0.381. The fourth-order valence-corrected chi connectivity index (χ4v) is 3.29. The summed E-state index contributed by atoms with van der Waals surface area (Å²) in [4.78, 5) is 12.7. The first kappa shape index (κ1) is 18.4. The molecule has 5 heteroatoms. The minimum absolute atomic E-state index is 0.00454. The summed E-state index contributed by atoms with van der Waals surface area (Å²) in [5.74, 6) is 1.29. The second-order valence-electron chi connectivity index (χ2n) is 7.23. The number of anilines is 1. The third-order valence-corrected chi connectivity index (χ3v) is 5.33. The Kier molecular flexibility index (Phi) is 5.03. The number of amides is 1. The van der Waals surface area contributed by atoms with Crippen molar-refractivity contribution in [3.05, 3.63) is 54.6 Å². The molecule has 0 aromatic heterocycles. The molecule has 0 bridgehead atoms. The molecule has 1 amide bonds. The molecule has 0 radical (unpaired) electrons. The summed E-state index contributed by atoms with van der Waals surface area (Å²) >= 11 is 0. The highest BCUT2D eigenvalue weighted by molar-refractivity contribution is 5.99. The topological polar surface area (TPSA) is 73.6 Å². The van der Waals surface area contributed by atoms with Gasteiger partial charge in [0.25, 0.3) is 0 Å². The molecule has 3 N–H and O–H groups in total. The highest BCUT2D eigenvalue weighted by Crippen LogP contribution is 2.50. The second-order valence-corrected chi connectivity index (χ2v) is 7.23. The predicted molar refractivity (Wildman–Crippen MR) is 102 cm³/mol. The number of ether oxygens (including phenoxy) is 2. The van der Waals surface area contributed by atoms with Crippen LogP contribution in [-0.4, -0.2) is 24.2 Å². The van der Waals surface area contributed by atoms with E-state index in [1.54, 1.807) is 0 Å². The van der Waals surface area contributed by atoms with E-state index in [0.717, 1.165) is 5.75 Å². The van der Waals surface area contributed by atoms with E-state index in [1.807, 2.05) is 75.4 Å². The minimum Gasteiger partial charge on any atom is -0.457 e. The van der Waals surface area contributed by atoms with Crippen LogP contribution >= 0.6 is 0 Å². The first-order chi connectivity index (χ1) is 12.4. The van der Waals surface area contributed by atoms with E-state index < -0.39 is 11.0 Å². The number of para-hydroxylation sites is 1. The van der Waals surface area contributed by atoms with E-state index in [0.29, 0.717) is 24.5 Å². The van der Waals surface area contributed by atoms with Crippen LogP contribution in [0.3, 0.4) is 0 Å².